The fourth-order valence-electron chi connectivity index (χ4n) is 3.22. The molecule has 0 aromatic carbocycles. The number of nitrogens with one attached hydrogen (secondary N) is 1. The number of alkyl carbamates (subject to hydrolysis) is 1. The molecule has 28 heavy (non-hydrogen) atoms. The molecule has 5 heteroatoms. The van der Waals surface area contributed by atoms with E-state index in [-0.39, 0.29) is 23.5 Å². The Morgan fingerprint density at radius 2 is 2.11 bits per heavy atom. The van der Waals surface area contributed by atoms with Gasteiger partial charge in [-0.3, -0.25) is 4.79 Å². The van der Waals surface area contributed by atoms with Gasteiger partial charge in [0.1, 0.15) is 0 Å². The number of aliphatic hydroxyl groups excluding tert-OH is 1. The number of hydrogen-bond donors (Lipinski definition) is 2. The summed E-state index contributed by atoms with van der Waals surface area (Å²) < 4.78 is 4.94. The average Bonchev–Trinajstić information content (AvgIpc) is 3.05. The van der Waals surface area contributed by atoms with Crippen molar-refractivity contribution in [2.75, 3.05) is 13.7 Å². The van der Waals surface area contributed by atoms with Crippen LogP contribution in [-0.2, 0) is 9.53 Å². The number of rotatable bonds is 13. The van der Waals surface area contributed by atoms with E-state index in [4.69, 9.17) is 4.74 Å². The van der Waals surface area contributed by atoms with Crippen LogP contribution in [-0.4, -0.2) is 36.7 Å². The molecule has 4 atom stereocenters. The first-order valence-corrected chi connectivity index (χ1v) is 10.6. The van der Waals surface area contributed by atoms with E-state index >= 15 is 0 Å². The van der Waals surface area contributed by atoms with Crippen molar-refractivity contribution in [2.24, 2.45) is 17.8 Å². The molecule has 1 unspecified atom stereocenters. The molecule has 2 N–H and O–H groups in total. The van der Waals surface area contributed by atoms with E-state index in [2.05, 4.69) is 31.3 Å². The highest BCUT2D eigenvalue weighted by Gasteiger charge is 2.27. The van der Waals surface area contributed by atoms with Crippen LogP contribution in [0.25, 0.3) is 0 Å². The molecule has 1 aliphatic rings. The third-order valence-electron chi connectivity index (χ3n) is 5.20. The maximum atomic E-state index is 12.1. The first-order valence-electron chi connectivity index (χ1n) is 10.6. The highest BCUT2D eigenvalue weighted by atomic mass is 16.5. The van der Waals surface area contributed by atoms with Crippen molar-refractivity contribution in [1.29, 1.82) is 0 Å². The Hall–Kier alpha value is -1.88. The second-order valence-electron chi connectivity index (χ2n) is 7.53. The van der Waals surface area contributed by atoms with E-state index in [1.165, 1.54) is 0 Å². The van der Waals surface area contributed by atoms with Crippen molar-refractivity contribution in [1.82, 2.24) is 5.32 Å². The quantitative estimate of drug-likeness (QED) is 0.356. The van der Waals surface area contributed by atoms with Crippen LogP contribution in [0.1, 0.15) is 58.8 Å². The SMILES string of the molecule is CCCCC(C)[C@H](O)C=C[C@H]1C=CC(=O)[C@@H]1CC=CCCCCOC(=O)NC. The van der Waals surface area contributed by atoms with Gasteiger partial charge in [0.15, 0.2) is 5.78 Å². The number of amides is 1. The van der Waals surface area contributed by atoms with Gasteiger partial charge >= 0.3 is 6.09 Å². The Morgan fingerprint density at radius 3 is 2.82 bits per heavy atom. The molecule has 0 bridgehead atoms. The van der Waals surface area contributed by atoms with Gasteiger partial charge in [-0.05, 0) is 44.1 Å². The number of aliphatic hydroxyl groups is 1. The standard InChI is InChI=1S/C23H37NO4/c1-4-5-11-18(2)21(25)15-13-19-14-16-22(26)20(19)12-9-7-6-8-10-17-28-23(27)24-3/h7,9,13-16,18-21,25H,4-6,8,10-12,17H2,1-3H3,(H,24,27)/t18?,19-,20+,21+/m0/s1. The van der Waals surface area contributed by atoms with Crippen LogP contribution in [0.5, 0.6) is 0 Å². The average molecular weight is 392 g/mol. The van der Waals surface area contributed by atoms with Gasteiger partial charge in [-0.1, -0.05) is 57.1 Å². The Morgan fingerprint density at radius 1 is 1.32 bits per heavy atom. The minimum absolute atomic E-state index is 0.0612. The third kappa shape index (κ3) is 9.36. The van der Waals surface area contributed by atoms with Crippen molar-refractivity contribution in [3.63, 3.8) is 0 Å². The number of carbonyl (C=O) groups excluding carboxylic acids is 2. The number of unbranched alkanes of at least 4 members (excludes halogenated alkanes) is 3. The molecule has 0 radical (unpaired) electrons. The lowest BCUT2D eigenvalue weighted by atomic mass is 9.89. The van der Waals surface area contributed by atoms with Gasteiger partial charge in [0.2, 0.25) is 0 Å². The zero-order valence-corrected chi connectivity index (χ0v) is 17.6. The minimum Gasteiger partial charge on any atom is -0.450 e. The lowest BCUT2D eigenvalue weighted by Crippen LogP contribution is -2.19. The molecular weight excluding hydrogens is 354 g/mol. The lowest BCUT2D eigenvalue weighted by Gasteiger charge is -2.17. The molecule has 5 nitrogen and oxygen atoms in total. The Kier molecular flexibility index (Phi) is 12.2. The van der Waals surface area contributed by atoms with Crippen molar-refractivity contribution < 1.29 is 19.4 Å². The van der Waals surface area contributed by atoms with Crippen LogP contribution in [0, 0.1) is 17.8 Å². The van der Waals surface area contributed by atoms with Gasteiger partial charge in [-0.2, -0.15) is 0 Å². The molecule has 0 aromatic rings. The minimum atomic E-state index is -0.455. The number of allylic oxidation sites excluding steroid dienone is 5. The molecule has 0 saturated carbocycles. The van der Waals surface area contributed by atoms with E-state index < -0.39 is 12.2 Å². The topological polar surface area (TPSA) is 75.6 Å². The van der Waals surface area contributed by atoms with Crippen LogP contribution in [0.2, 0.25) is 0 Å². The maximum absolute atomic E-state index is 12.1. The normalized spacial score (nSPS) is 21.5. The Balaban J connectivity index is 2.34. The highest BCUT2D eigenvalue weighted by molar-refractivity contribution is 5.95. The molecule has 0 aromatic heterocycles. The summed E-state index contributed by atoms with van der Waals surface area (Å²) in [5.41, 5.74) is 0. The van der Waals surface area contributed by atoms with E-state index in [1.807, 2.05) is 18.2 Å². The molecule has 0 heterocycles. The van der Waals surface area contributed by atoms with Crippen molar-refractivity contribution >= 4 is 11.9 Å². The molecule has 0 saturated heterocycles. The number of hydrogen-bond acceptors (Lipinski definition) is 4. The lowest BCUT2D eigenvalue weighted by molar-refractivity contribution is -0.117. The second kappa shape index (κ2) is 14.2. The first-order chi connectivity index (χ1) is 13.5. The monoisotopic (exact) mass is 391 g/mol. The summed E-state index contributed by atoms with van der Waals surface area (Å²) >= 11 is 0. The molecule has 0 spiro atoms. The zero-order chi connectivity index (χ0) is 20.8. The highest BCUT2D eigenvalue weighted by Crippen LogP contribution is 2.28. The summed E-state index contributed by atoms with van der Waals surface area (Å²) in [4.78, 5) is 23.1. The van der Waals surface area contributed by atoms with E-state index in [1.54, 1.807) is 13.1 Å². The largest absolute Gasteiger partial charge is 0.450 e. The third-order valence-corrected chi connectivity index (χ3v) is 5.20. The number of ketones is 1. The number of ether oxygens (including phenoxy) is 1. The number of carbonyl (C=O) groups is 2. The fourth-order valence-corrected chi connectivity index (χ4v) is 3.22. The summed E-state index contributed by atoms with van der Waals surface area (Å²) in [7, 11) is 1.54. The van der Waals surface area contributed by atoms with Gasteiger partial charge < -0.3 is 15.2 Å². The van der Waals surface area contributed by atoms with E-state index in [9.17, 15) is 14.7 Å². The molecule has 158 valence electrons. The van der Waals surface area contributed by atoms with E-state index in [0.717, 1.165) is 38.5 Å². The van der Waals surface area contributed by atoms with E-state index in [0.29, 0.717) is 13.0 Å². The second-order valence-corrected chi connectivity index (χ2v) is 7.53. The van der Waals surface area contributed by atoms with Gasteiger partial charge in [-0.15, -0.1) is 0 Å². The summed E-state index contributed by atoms with van der Waals surface area (Å²) in [6.45, 7) is 4.64. The van der Waals surface area contributed by atoms with Crippen LogP contribution in [0.3, 0.4) is 0 Å². The Labute approximate surface area is 169 Å². The van der Waals surface area contributed by atoms with Gasteiger partial charge in [-0.25, -0.2) is 4.79 Å². The molecular formula is C23H37NO4. The predicted molar refractivity (Wildman–Crippen MR) is 113 cm³/mol. The van der Waals surface area contributed by atoms with Crippen molar-refractivity contribution in [2.45, 2.75) is 64.9 Å². The van der Waals surface area contributed by atoms with Gasteiger partial charge in [0.25, 0.3) is 0 Å². The van der Waals surface area contributed by atoms with Crippen LogP contribution < -0.4 is 5.32 Å². The molecule has 1 rings (SSSR count). The van der Waals surface area contributed by atoms with Crippen molar-refractivity contribution in [3.05, 3.63) is 36.5 Å². The van der Waals surface area contributed by atoms with Gasteiger partial charge in [0.05, 0.1) is 12.7 Å². The summed E-state index contributed by atoms with van der Waals surface area (Å²) in [5, 5.41) is 12.7. The maximum Gasteiger partial charge on any atom is 0.406 e. The van der Waals surface area contributed by atoms with Crippen molar-refractivity contribution in [3.8, 4) is 0 Å². The zero-order valence-electron chi connectivity index (χ0n) is 17.6. The Bertz CT molecular complexity index is 553. The van der Waals surface area contributed by atoms with Crippen LogP contribution in [0.4, 0.5) is 4.79 Å². The summed E-state index contributed by atoms with van der Waals surface area (Å²) in [6, 6.07) is 0. The fraction of sp³-hybridized carbons (Fsp3) is 0.652. The molecule has 1 aliphatic carbocycles. The predicted octanol–water partition coefficient (Wildman–Crippen LogP) is 4.57. The summed E-state index contributed by atoms with van der Waals surface area (Å²) in [5.74, 6) is 0.392. The molecule has 0 aliphatic heterocycles. The summed E-state index contributed by atoms with van der Waals surface area (Å²) in [6.07, 6.45) is 17.4. The smallest absolute Gasteiger partial charge is 0.406 e. The van der Waals surface area contributed by atoms with Gasteiger partial charge in [0, 0.05) is 18.9 Å². The molecule has 1 amide bonds. The van der Waals surface area contributed by atoms with Crippen LogP contribution in [0.15, 0.2) is 36.5 Å². The van der Waals surface area contributed by atoms with Crippen LogP contribution >= 0.6 is 0 Å². The molecule has 0 fully saturated rings. The first kappa shape index (κ1) is 24.2.